The summed E-state index contributed by atoms with van der Waals surface area (Å²) in [6, 6.07) is 11.6. The summed E-state index contributed by atoms with van der Waals surface area (Å²) in [6.07, 6.45) is 0. The van der Waals surface area contributed by atoms with Gasteiger partial charge in [0.25, 0.3) is 5.91 Å². The first-order valence-corrected chi connectivity index (χ1v) is 8.98. The van der Waals surface area contributed by atoms with E-state index < -0.39 is 5.82 Å². The Balaban J connectivity index is 1.75. The standard InChI is InChI=1S/C21H22FN3O2/c1-14(2)15-6-7-20(26)16(12-15)21(27)25-10-8-24(9-11-25)19-5-3-4-18(22)17(19)13-23/h3-7,12,14,26H,8-11H2,1-2H3. The highest BCUT2D eigenvalue weighted by Crippen LogP contribution is 2.27. The fourth-order valence-corrected chi connectivity index (χ4v) is 3.29. The third-order valence-electron chi connectivity index (χ3n) is 4.93. The molecule has 0 aromatic heterocycles. The minimum Gasteiger partial charge on any atom is -0.507 e. The number of phenols is 1. The summed E-state index contributed by atoms with van der Waals surface area (Å²) in [6.45, 7) is 5.93. The van der Waals surface area contributed by atoms with E-state index in [1.807, 2.05) is 30.9 Å². The molecule has 1 heterocycles. The quantitative estimate of drug-likeness (QED) is 0.902. The van der Waals surface area contributed by atoms with Crippen LogP contribution in [0.5, 0.6) is 5.75 Å². The van der Waals surface area contributed by atoms with Gasteiger partial charge in [-0.1, -0.05) is 26.0 Å². The third-order valence-corrected chi connectivity index (χ3v) is 4.93. The number of halogens is 1. The van der Waals surface area contributed by atoms with Gasteiger partial charge in [0.05, 0.1) is 11.3 Å². The molecule has 0 spiro atoms. The molecule has 6 heteroatoms. The molecular weight excluding hydrogens is 345 g/mol. The first kappa shape index (κ1) is 18.7. The van der Waals surface area contributed by atoms with Crippen molar-refractivity contribution in [1.29, 1.82) is 5.26 Å². The molecule has 0 atom stereocenters. The number of piperazine rings is 1. The highest BCUT2D eigenvalue weighted by molar-refractivity contribution is 5.97. The number of nitriles is 1. The largest absolute Gasteiger partial charge is 0.507 e. The zero-order chi connectivity index (χ0) is 19.6. The van der Waals surface area contributed by atoms with Crippen LogP contribution in [-0.2, 0) is 0 Å². The Kier molecular flexibility index (Phi) is 5.31. The highest BCUT2D eigenvalue weighted by Gasteiger charge is 2.26. The monoisotopic (exact) mass is 367 g/mol. The average Bonchev–Trinajstić information content (AvgIpc) is 2.67. The fraction of sp³-hybridized carbons (Fsp3) is 0.333. The molecule has 1 fully saturated rings. The molecule has 1 aliphatic heterocycles. The maximum Gasteiger partial charge on any atom is 0.257 e. The molecule has 1 saturated heterocycles. The second-order valence-electron chi connectivity index (χ2n) is 6.96. The van der Waals surface area contributed by atoms with Crippen molar-refractivity contribution in [2.24, 2.45) is 0 Å². The zero-order valence-electron chi connectivity index (χ0n) is 15.4. The molecule has 0 unspecified atom stereocenters. The van der Waals surface area contributed by atoms with Crippen molar-refractivity contribution < 1.29 is 14.3 Å². The summed E-state index contributed by atoms with van der Waals surface area (Å²) in [5.74, 6) is -0.520. The number of hydrogen-bond acceptors (Lipinski definition) is 4. The minimum absolute atomic E-state index is 0.0243. The molecule has 0 radical (unpaired) electrons. The Hall–Kier alpha value is -3.07. The van der Waals surface area contributed by atoms with Gasteiger partial charge < -0.3 is 14.9 Å². The van der Waals surface area contributed by atoms with Gasteiger partial charge in [0.1, 0.15) is 23.2 Å². The number of phenolic OH excluding ortho intramolecular Hbond substituents is 1. The van der Waals surface area contributed by atoms with Crippen LogP contribution in [0.1, 0.15) is 41.3 Å². The average molecular weight is 367 g/mol. The van der Waals surface area contributed by atoms with Crippen molar-refractivity contribution >= 4 is 11.6 Å². The summed E-state index contributed by atoms with van der Waals surface area (Å²) in [5.41, 5.74) is 1.88. The lowest BCUT2D eigenvalue weighted by Crippen LogP contribution is -2.49. The molecular formula is C21H22FN3O2. The number of aromatic hydroxyl groups is 1. The predicted octanol–water partition coefficient (Wildman–Crippen LogP) is 3.49. The predicted molar refractivity (Wildman–Crippen MR) is 101 cm³/mol. The van der Waals surface area contributed by atoms with E-state index in [0.717, 1.165) is 5.56 Å². The van der Waals surface area contributed by atoms with Crippen LogP contribution >= 0.6 is 0 Å². The minimum atomic E-state index is -0.538. The lowest BCUT2D eigenvalue weighted by atomic mass is 9.99. The number of carbonyl (C=O) groups is 1. The molecule has 2 aromatic carbocycles. The van der Waals surface area contributed by atoms with E-state index >= 15 is 0 Å². The lowest BCUT2D eigenvalue weighted by molar-refractivity contribution is 0.0743. The first-order valence-electron chi connectivity index (χ1n) is 8.98. The summed E-state index contributed by atoms with van der Waals surface area (Å²) < 4.78 is 13.8. The number of amides is 1. The molecule has 5 nitrogen and oxygen atoms in total. The van der Waals surface area contributed by atoms with Gasteiger partial charge in [-0.3, -0.25) is 4.79 Å². The van der Waals surface area contributed by atoms with Gasteiger partial charge in [-0.25, -0.2) is 4.39 Å². The van der Waals surface area contributed by atoms with E-state index in [-0.39, 0.29) is 23.1 Å². The SMILES string of the molecule is CC(C)c1ccc(O)c(C(=O)N2CCN(c3cccc(F)c3C#N)CC2)c1. The molecule has 2 aromatic rings. The summed E-state index contributed by atoms with van der Waals surface area (Å²) in [5, 5.41) is 19.3. The van der Waals surface area contributed by atoms with Gasteiger partial charge in [0.15, 0.2) is 0 Å². The van der Waals surface area contributed by atoms with Crippen molar-refractivity contribution in [3.05, 3.63) is 58.9 Å². The second kappa shape index (κ2) is 7.67. The second-order valence-corrected chi connectivity index (χ2v) is 6.96. The van der Waals surface area contributed by atoms with E-state index in [1.54, 1.807) is 29.2 Å². The van der Waals surface area contributed by atoms with Crippen LogP contribution in [-0.4, -0.2) is 42.1 Å². The highest BCUT2D eigenvalue weighted by atomic mass is 19.1. The van der Waals surface area contributed by atoms with Gasteiger partial charge in [0.2, 0.25) is 0 Å². The molecule has 27 heavy (non-hydrogen) atoms. The first-order chi connectivity index (χ1) is 12.9. The molecule has 1 aliphatic rings. The van der Waals surface area contributed by atoms with Crippen LogP contribution in [0.15, 0.2) is 36.4 Å². The molecule has 0 saturated carbocycles. The van der Waals surface area contributed by atoms with Crippen LogP contribution in [0.25, 0.3) is 0 Å². The van der Waals surface area contributed by atoms with Crippen LogP contribution in [0.4, 0.5) is 10.1 Å². The van der Waals surface area contributed by atoms with E-state index in [0.29, 0.717) is 37.4 Å². The molecule has 140 valence electrons. The van der Waals surface area contributed by atoms with Crippen LogP contribution in [0.2, 0.25) is 0 Å². The maximum absolute atomic E-state index is 13.8. The van der Waals surface area contributed by atoms with Crippen molar-refractivity contribution in [3.8, 4) is 11.8 Å². The van der Waals surface area contributed by atoms with E-state index in [9.17, 15) is 19.6 Å². The van der Waals surface area contributed by atoms with Crippen molar-refractivity contribution in [2.45, 2.75) is 19.8 Å². The number of rotatable bonds is 3. The number of anilines is 1. The Morgan fingerprint density at radius 1 is 1.19 bits per heavy atom. The molecule has 1 amide bonds. The molecule has 0 bridgehead atoms. The van der Waals surface area contributed by atoms with Crippen molar-refractivity contribution in [3.63, 3.8) is 0 Å². The molecule has 0 aliphatic carbocycles. The van der Waals surface area contributed by atoms with Gasteiger partial charge >= 0.3 is 0 Å². The number of hydrogen-bond donors (Lipinski definition) is 1. The third kappa shape index (κ3) is 3.72. The number of nitrogens with zero attached hydrogens (tertiary/aromatic N) is 3. The number of carbonyl (C=O) groups excluding carboxylic acids is 1. The topological polar surface area (TPSA) is 67.6 Å². The van der Waals surface area contributed by atoms with Crippen molar-refractivity contribution in [2.75, 3.05) is 31.1 Å². The van der Waals surface area contributed by atoms with E-state index in [2.05, 4.69) is 0 Å². The zero-order valence-corrected chi connectivity index (χ0v) is 15.4. The summed E-state index contributed by atoms with van der Waals surface area (Å²) in [7, 11) is 0. The van der Waals surface area contributed by atoms with Crippen LogP contribution in [0.3, 0.4) is 0 Å². The van der Waals surface area contributed by atoms with E-state index in [4.69, 9.17) is 0 Å². The summed E-state index contributed by atoms with van der Waals surface area (Å²) in [4.78, 5) is 16.4. The Labute approximate surface area is 158 Å². The Morgan fingerprint density at radius 3 is 2.52 bits per heavy atom. The maximum atomic E-state index is 13.8. The van der Waals surface area contributed by atoms with E-state index in [1.165, 1.54) is 6.07 Å². The van der Waals surface area contributed by atoms with Crippen LogP contribution in [0, 0.1) is 17.1 Å². The van der Waals surface area contributed by atoms with Gasteiger partial charge in [-0.05, 0) is 35.7 Å². The van der Waals surface area contributed by atoms with Crippen LogP contribution < -0.4 is 4.90 Å². The van der Waals surface area contributed by atoms with Gasteiger partial charge in [0, 0.05) is 26.2 Å². The van der Waals surface area contributed by atoms with Gasteiger partial charge in [-0.15, -0.1) is 0 Å². The normalized spacial score (nSPS) is 14.3. The lowest BCUT2D eigenvalue weighted by Gasteiger charge is -2.36. The van der Waals surface area contributed by atoms with Gasteiger partial charge in [-0.2, -0.15) is 5.26 Å². The molecule has 1 N–H and O–H groups in total. The molecule has 3 rings (SSSR count). The summed E-state index contributed by atoms with van der Waals surface area (Å²) >= 11 is 0. The Morgan fingerprint density at radius 2 is 1.89 bits per heavy atom. The number of benzene rings is 2. The fourth-order valence-electron chi connectivity index (χ4n) is 3.29. The smallest absolute Gasteiger partial charge is 0.257 e. The Bertz CT molecular complexity index is 897. The van der Waals surface area contributed by atoms with Crippen molar-refractivity contribution in [1.82, 2.24) is 4.90 Å².